The number of carbonyl (C=O) groups is 2. The highest BCUT2D eigenvalue weighted by atomic mass is 19.1. The third-order valence-electron chi connectivity index (χ3n) is 4.10. The molecule has 8 heteroatoms. The first-order valence-electron chi connectivity index (χ1n) is 8.52. The second-order valence-corrected chi connectivity index (χ2v) is 6.50. The van der Waals surface area contributed by atoms with Gasteiger partial charge in [-0.3, -0.25) is 9.59 Å². The van der Waals surface area contributed by atoms with Gasteiger partial charge in [0, 0.05) is 17.9 Å². The average Bonchev–Trinajstić information content (AvgIpc) is 3.05. The molecule has 7 nitrogen and oxygen atoms in total. The van der Waals surface area contributed by atoms with Gasteiger partial charge in [-0.05, 0) is 50.6 Å². The number of nitrogens with zero attached hydrogens (tertiary/aromatic N) is 3. The number of hydrogen-bond donors (Lipinski definition) is 2. The van der Waals surface area contributed by atoms with Gasteiger partial charge in [0.1, 0.15) is 11.3 Å². The summed E-state index contributed by atoms with van der Waals surface area (Å²) in [4.78, 5) is 32.9. The molecule has 3 aromatic rings. The van der Waals surface area contributed by atoms with Crippen LogP contribution in [0.1, 0.15) is 35.8 Å². The van der Waals surface area contributed by atoms with Gasteiger partial charge >= 0.3 is 0 Å². The topological polar surface area (TPSA) is 88.9 Å². The number of benzene rings is 1. The van der Waals surface area contributed by atoms with Crippen molar-refractivity contribution in [3.63, 3.8) is 0 Å². The number of imidazole rings is 1. The Morgan fingerprint density at radius 3 is 2.70 bits per heavy atom. The Kier molecular flexibility index (Phi) is 5.16. The maximum absolute atomic E-state index is 13.1. The van der Waals surface area contributed by atoms with Crippen molar-refractivity contribution >= 4 is 28.7 Å². The first-order chi connectivity index (χ1) is 12.8. The van der Waals surface area contributed by atoms with Crippen LogP contribution in [-0.4, -0.2) is 32.9 Å². The molecule has 0 bridgehead atoms. The summed E-state index contributed by atoms with van der Waals surface area (Å²) in [6.07, 6.45) is 3.14. The molecule has 0 aliphatic rings. The Labute approximate surface area is 155 Å². The number of fused-ring (bicyclic) bond motifs is 1. The van der Waals surface area contributed by atoms with Crippen molar-refractivity contribution in [2.24, 2.45) is 0 Å². The summed E-state index contributed by atoms with van der Waals surface area (Å²) in [5.74, 6) is -1.20. The minimum absolute atomic E-state index is 0.209. The standard InChI is InChI=1S/C19H20FN5O2/c1-11(2)25-10-23-16-7-13(8-21-18(16)25)19(27)22-9-17(26)24-15-5-4-14(20)6-12(15)3/h4-8,10-11H,9H2,1-3H3,(H,22,27)(H,24,26). The second-order valence-electron chi connectivity index (χ2n) is 6.50. The van der Waals surface area contributed by atoms with E-state index in [0.717, 1.165) is 0 Å². The Hall–Kier alpha value is -3.29. The number of amides is 2. The zero-order valence-corrected chi connectivity index (χ0v) is 15.3. The summed E-state index contributed by atoms with van der Waals surface area (Å²) in [6, 6.07) is 5.91. The van der Waals surface area contributed by atoms with Gasteiger partial charge in [0.05, 0.1) is 18.4 Å². The van der Waals surface area contributed by atoms with Gasteiger partial charge in [0.2, 0.25) is 5.91 Å². The fraction of sp³-hybridized carbons (Fsp3) is 0.263. The molecule has 0 saturated heterocycles. The number of aryl methyl sites for hydroxylation is 1. The van der Waals surface area contributed by atoms with Crippen molar-refractivity contribution in [3.05, 3.63) is 53.7 Å². The monoisotopic (exact) mass is 369 g/mol. The highest BCUT2D eigenvalue weighted by Gasteiger charge is 2.13. The second kappa shape index (κ2) is 7.53. The van der Waals surface area contributed by atoms with E-state index in [9.17, 15) is 14.0 Å². The van der Waals surface area contributed by atoms with Crippen molar-refractivity contribution < 1.29 is 14.0 Å². The Bertz CT molecular complexity index is 1010. The molecule has 1 aromatic carbocycles. The molecule has 2 heterocycles. The van der Waals surface area contributed by atoms with Gasteiger partial charge in [-0.15, -0.1) is 0 Å². The predicted molar refractivity (Wildman–Crippen MR) is 100 cm³/mol. The number of hydrogen-bond acceptors (Lipinski definition) is 4. The number of anilines is 1. The normalized spacial score (nSPS) is 11.0. The molecular weight excluding hydrogens is 349 g/mol. The summed E-state index contributed by atoms with van der Waals surface area (Å²) in [5, 5.41) is 5.18. The number of rotatable bonds is 5. The molecule has 0 unspecified atom stereocenters. The highest BCUT2D eigenvalue weighted by Crippen LogP contribution is 2.17. The first kappa shape index (κ1) is 18.5. The van der Waals surface area contributed by atoms with Crippen LogP contribution in [0.4, 0.5) is 10.1 Å². The number of aromatic nitrogens is 3. The first-order valence-corrected chi connectivity index (χ1v) is 8.52. The summed E-state index contributed by atoms with van der Waals surface area (Å²) >= 11 is 0. The maximum atomic E-state index is 13.1. The average molecular weight is 369 g/mol. The number of carbonyl (C=O) groups excluding carboxylic acids is 2. The summed E-state index contributed by atoms with van der Waals surface area (Å²) < 4.78 is 15.0. The van der Waals surface area contributed by atoms with E-state index in [2.05, 4.69) is 20.6 Å². The van der Waals surface area contributed by atoms with Crippen molar-refractivity contribution in [1.82, 2.24) is 19.9 Å². The lowest BCUT2D eigenvalue weighted by Crippen LogP contribution is -2.33. The van der Waals surface area contributed by atoms with E-state index in [4.69, 9.17) is 0 Å². The molecule has 2 N–H and O–H groups in total. The van der Waals surface area contributed by atoms with Crippen LogP contribution in [0.2, 0.25) is 0 Å². The zero-order chi connectivity index (χ0) is 19.6. The van der Waals surface area contributed by atoms with Gasteiger partial charge in [-0.25, -0.2) is 14.4 Å². The third-order valence-corrected chi connectivity index (χ3v) is 4.10. The van der Waals surface area contributed by atoms with E-state index < -0.39 is 11.8 Å². The van der Waals surface area contributed by atoms with E-state index in [1.807, 2.05) is 18.4 Å². The van der Waals surface area contributed by atoms with Gasteiger partial charge in [-0.2, -0.15) is 0 Å². The minimum Gasteiger partial charge on any atom is -0.343 e. The predicted octanol–water partition coefficient (Wildman–Crippen LogP) is 2.83. The van der Waals surface area contributed by atoms with Crippen LogP contribution in [-0.2, 0) is 4.79 Å². The number of nitrogens with one attached hydrogen (secondary N) is 2. The van der Waals surface area contributed by atoms with Crippen LogP contribution >= 0.6 is 0 Å². The van der Waals surface area contributed by atoms with Crippen molar-refractivity contribution in [2.75, 3.05) is 11.9 Å². The van der Waals surface area contributed by atoms with Crippen molar-refractivity contribution in [2.45, 2.75) is 26.8 Å². The van der Waals surface area contributed by atoms with E-state index in [1.165, 1.54) is 24.4 Å². The van der Waals surface area contributed by atoms with Crippen LogP contribution < -0.4 is 10.6 Å². The molecule has 0 radical (unpaired) electrons. The summed E-state index contributed by atoms with van der Waals surface area (Å²) in [7, 11) is 0. The Balaban J connectivity index is 1.63. The molecule has 3 rings (SSSR count). The minimum atomic E-state index is -0.422. The van der Waals surface area contributed by atoms with Crippen LogP contribution in [0.5, 0.6) is 0 Å². The van der Waals surface area contributed by atoms with E-state index >= 15 is 0 Å². The highest BCUT2D eigenvalue weighted by molar-refractivity contribution is 6.00. The van der Waals surface area contributed by atoms with E-state index in [0.29, 0.717) is 28.0 Å². The van der Waals surface area contributed by atoms with Crippen LogP contribution in [0.15, 0.2) is 36.8 Å². The number of pyridine rings is 1. The molecule has 0 fully saturated rings. The molecule has 0 aliphatic carbocycles. The van der Waals surface area contributed by atoms with Gasteiger partial charge in [0.25, 0.3) is 5.91 Å². The molecule has 140 valence electrons. The van der Waals surface area contributed by atoms with Crippen LogP contribution in [0.25, 0.3) is 11.2 Å². The maximum Gasteiger partial charge on any atom is 0.253 e. The lowest BCUT2D eigenvalue weighted by molar-refractivity contribution is -0.115. The molecule has 27 heavy (non-hydrogen) atoms. The smallest absolute Gasteiger partial charge is 0.253 e. The zero-order valence-electron chi connectivity index (χ0n) is 15.3. The lowest BCUT2D eigenvalue weighted by Gasteiger charge is -2.10. The van der Waals surface area contributed by atoms with Crippen molar-refractivity contribution in [3.8, 4) is 0 Å². The quantitative estimate of drug-likeness (QED) is 0.724. The molecule has 0 saturated carbocycles. The molecule has 0 atom stereocenters. The SMILES string of the molecule is Cc1cc(F)ccc1NC(=O)CNC(=O)c1cnc2c(c1)ncn2C(C)C. The van der Waals surface area contributed by atoms with Gasteiger partial charge < -0.3 is 15.2 Å². The molecule has 2 aromatic heterocycles. The summed E-state index contributed by atoms with van der Waals surface area (Å²) in [5.41, 5.74) is 2.74. The largest absolute Gasteiger partial charge is 0.343 e. The van der Waals surface area contributed by atoms with Gasteiger partial charge in [0.15, 0.2) is 5.65 Å². The van der Waals surface area contributed by atoms with Crippen LogP contribution in [0.3, 0.4) is 0 Å². The van der Waals surface area contributed by atoms with Gasteiger partial charge in [-0.1, -0.05) is 0 Å². The van der Waals surface area contributed by atoms with E-state index in [-0.39, 0.29) is 18.4 Å². The fourth-order valence-corrected chi connectivity index (χ4v) is 2.65. The summed E-state index contributed by atoms with van der Waals surface area (Å²) in [6.45, 7) is 5.51. The lowest BCUT2D eigenvalue weighted by atomic mass is 10.2. The molecule has 2 amide bonds. The molecular formula is C19H20FN5O2. The third kappa shape index (κ3) is 4.11. The Morgan fingerprint density at radius 1 is 1.22 bits per heavy atom. The molecule has 0 spiro atoms. The fourth-order valence-electron chi connectivity index (χ4n) is 2.65. The molecule has 0 aliphatic heterocycles. The van der Waals surface area contributed by atoms with E-state index in [1.54, 1.807) is 19.3 Å². The van der Waals surface area contributed by atoms with Crippen molar-refractivity contribution in [1.29, 1.82) is 0 Å². The number of halogens is 1. The Morgan fingerprint density at radius 2 is 2.00 bits per heavy atom. The van der Waals surface area contributed by atoms with Crippen LogP contribution in [0, 0.1) is 12.7 Å².